The van der Waals surface area contributed by atoms with Crippen LogP contribution in [0.1, 0.15) is 30.0 Å². The van der Waals surface area contributed by atoms with Gasteiger partial charge in [0.15, 0.2) is 0 Å². The first kappa shape index (κ1) is 19.0. The van der Waals surface area contributed by atoms with Crippen molar-refractivity contribution in [2.24, 2.45) is 0 Å². The average molecular weight is 342 g/mol. The Labute approximate surface area is 149 Å². The Bertz CT molecular complexity index is 632. The van der Waals surface area contributed by atoms with Crippen LogP contribution in [-0.2, 0) is 33.7 Å². The summed E-state index contributed by atoms with van der Waals surface area (Å²) in [4.78, 5) is 11.4. The van der Waals surface area contributed by atoms with E-state index in [0.29, 0.717) is 26.1 Å². The number of hydrogen-bond donors (Lipinski definition) is 0. The molecule has 0 saturated heterocycles. The highest BCUT2D eigenvalue weighted by Crippen LogP contribution is 2.16. The summed E-state index contributed by atoms with van der Waals surface area (Å²) < 4.78 is 15.8. The molecule has 2 aromatic rings. The molecule has 0 aliphatic heterocycles. The number of rotatable bonds is 10. The number of esters is 1. The Hall–Kier alpha value is -2.33. The van der Waals surface area contributed by atoms with Crippen molar-refractivity contribution in [3.05, 3.63) is 65.2 Å². The smallest absolute Gasteiger partial charge is 0.306 e. The minimum absolute atomic E-state index is 0.156. The van der Waals surface area contributed by atoms with E-state index in [1.54, 1.807) is 7.11 Å². The number of hydrogen-bond acceptors (Lipinski definition) is 4. The molecule has 0 fully saturated rings. The third-order valence-electron chi connectivity index (χ3n) is 3.87. The maximum atomic E-state index is 11.4. The van der Waals surface area contributed by atoms with Crippen molar-refractivity contribution in [2.75, 3.05) is 20.3 Å². The van der Waals surface area contributed by atoms with E-state index in [1.807, 2.05) is 31.2 Å². The van der Waals surface area contributed by atoms with Crippen LogP contribution in [0.3, 0.4) is 0 Å². The van der Waals surface area contributed by atoms with Gasteiger partial charge >= 0.3 is 5.97 Å². The summed E-state index contributed by atoms with van der Waals surface area (Å²) in [5.74, 6) is 0.667. The van der Waals surface area contributed by atoms with Crippen LogP contribution < -0.4 is 4.74 Å². The van der Waals surface area contributed by atoms with Crippen molar-refractivity contribution in [1.29, 1.82) is 0 Å². The van der Waals surface area contributed by atoms with Gasteiger partial charge in [-0.05, 0) is 48.6 Å². The van der Waals surface area contributed by atoms with Crippen molar-refractivity contribution in [1.82, 2.24) is 0 Å². The lowest BCUT2D eigenvalue weighted by molar-refractivity contribution is -0.143. The predicted molar refractivity (Wildman–Crippen MR) is 97.8 cm³/mol. The summed E-state index contributed by atoms with van der Waals surface area (Å²) in [6, 6.07) is 16.2. The maximum Gasteiger partial charge on any atom is 0.306 e. The van der Waals surface area contributed by atoms with Gasteiger partial charge in [-0.1, -0.05) is 36.4 Å². The summed E-state index contributed by atoms with van der Waals surface area (Å²) >= 11 is 0. The third-order valence-corrected chi connectivity index (χ3v) is 3.87. The molecule has 134 valence electrons. The van der Waals surface area contributed by atoms with E-state index in [1.165, 1.54) is 5.56 Å². The molecule has 0 radical (unpaired) electrons. The highest BCUT2D eigenvalue weighted by atomic mass is 16.5. The Morgan fingerprint density at radius 1 is 0.880 bits per heavy atom. The second kappa shape index (κ2) is 10.5. The van der Waals surface area contributed by atoms with Gasteiger partial charge in [0.1, 0.15) is 12.4 Å². The predicted octanol–water partition coefficient (Wildman–Crippen LogP) is 3.95. The molecule has 25 heavy (non-hydrogen) atoms. The summed E-state index contributed by atoms with van der Waals surface area (Å²) in [5, 5.41) is 0. The zero-order valence-electron chi connectivity index (χ0n) is 15.0. The Balaban J connectivity index is 1.78. The largest absolute Gasteiger partial charge is 0.489 e. The highest BCUT2D eigenvalue weighted by Gasteiger charge is 2.03. The standard InChI is InChI=1S/C21H26O4/c1-3-24-21(22)13-10-17-8-11-20(12-9-17)25-16-19-6-4-18(5-7-19)14-15-23-2/h4-9,11-12H,3,10,13-16H2,1-2H3. The number of methoxy groups -OCH3 is 1. The lowest BCUT2D eigenvalue weighted by Gasteiger charge is -2.08. The summed E-state index contributed by atoms with van der Waals surface area (Å²) in [6.07, 6.45) is 2.01. The molecule has 0 bridgehead atoms. The molecular weight excluding hydrogens is 316 g/mol. The quantitative estimate of drug-likeness (QED) is 0.613. The van der Waals surface area contributed by atoms with E-state index in [-0.39, 0.29) is 5.97 Å². The fourth-order valence-electron chi connectivity index (χ4n) is 2.42. The van der Waals surface area contributed by atoms with Gasteiger partial charge in [0, 0.05) is 13.5 Å². The molecule has 2 aromatic carbocycles. The fourth-order valence-corrected chi connectivity index (χ4v) is 2.42. The number of carbonyl (C=O) groups is 1. The zero-order valence-corrected chi connectivity index (χ0v) is 15.0. The third kappa shape index (κ3) is 6.98. The first-order chi connectivity index (χ1) is 12.2. The van der Waals surface area contributed by atoms with Gasteiger partial charge in [-0.2, -0.15) is 0 Å². The van der Waals surface area contributed by atoms with Crippen LogP contribution in [-0.4, -0.2) is 26.3 Å². The van der Waals surface area contributed by atoms with Gasteiger partial charge in [-0.25, -0.2) is 0 Å². The second-order valence-electron chi connectivity index (χ2n) is 5.80. The van der Waals surface area contributed by atoms with Gasteiger partial charge in [-0.3, -0.25) is 4.79 Å². The van der Waals surface area contributed by atoms with Crippen molar-refractivity contribution in [3.8, 4) is 5.75 Å². The molecule has 0 aliphatic carbocycles. The van der Waals surface area contributed by atoms with Crippen molar-refractivity contribution >= 4 is 5.97 Å². The van der Waals surface area contributed by atoms with E-state index in [2.05, 4.69) is 24.3 Å². The van der Waals surface area contributed by atoms with Crippen LogP contribution in [0, 0.1) is 0 Å². The van der Waals surface area contributed by atoms with E-state index in [0.717, 1.165) is 29.9 Å². The first-order valence-corrected chi connectivity index (χ1v) is 8.65. The molecule has 0 aromatic heterocycles. The first-order valence-electron chi connectivity index (χ1n) is 8.65. The van der Waals surface area contributed by atoms with Crippen LogP contribution in [0.15, 0.2) is 48.5 Å². The molecule has 2 rings (SSSR count). The Kier molecular flexibility index (Phi) is 7.99. The van der Waals surface area contributed by atoms with E-state index < -0.39 is 0 Å². The van der Waals surface area contributed by atoms with Crippen molar-refractivity contribution in [3.63, 3.8) is 0 Å². The molecule has 0 atom stereocenters. The molecule has 0 aliphatic rings. The Morgan fingerprint density at radius 3 is 2.12 bits per heavy atom. The van der Waals surface area contributed by atoms with Gasteiger partial charge in [-0.15, -0.1) is 0 Å². The number of benzene rings is 2. The molecule has 0 saturated carbocycles. The van der Waals surface area contributed by atoms with Gasteiger partial charge < -0.3 is 14.2 Å². The second-order valence-corrected chi connectivity index (χ2v) is 5.80. The van der Waals surface area contributed by atoms with Gasteiger partial charge in [0.25, 0.3) is 0 Å². The normalized spacial score (nSPS) is 10.5. The lowest BCUT2D eigenvalue weighted by atomic mass is 10.1. The van der Waals surface area contributed by atoms with E-state index in [9.17, 15) is 4.79 Å². The topological polar surface area (TPSA) is 44.8 Å². The molecule has 0 amide bonds. The van der Waals surface area contributed by atoms with E-state index in [4.69, 9.17) is 14.2 Å². The molecule has 4 nitrogen and oxygen atoms in total. The van der Waals surface area contributed by atoms with Crippen molar-refractivity contribution < 1.29 is 19.0 Å². The SMILES string of the molecule is CCOC(=O)CCc1ccc(OCc2ccc(CCOC)cc2)cc1. The maximum absolute atomic E-state index is 11.4. The highest BCUT2D eigenvalue weighted by molar-refractivity contribution is 5.69. The minimum Gasteiger partial charge on any atom is -0.489 e. The van der Waals surface area contributed by atoms with Crippen LogP contribution >= 0.6 is 0 Å². The number of ether oxygens (including phenoxy) is 3. The molecular formula is C21H26O4. The van der Waals surface area contributed by atoms with Crippen LogP contribution in [0.5, 0.6) is 5.75 Å². The van der Waals surface area contributed by atoms with E-state index >= 15 is 0 Å². The lowest BCUT2D eigenvalue weighted by Crippen LogP contribution is -2.05. The van der Waals surface area contributed by atoms with Crippen molar-refractivity contribution in [2.45, 2.75) is 32.8 Å². The molecule has 0 heterocycles. The molecule has 0 N–H and O–H groups in total. The van der Waals surface area contributed by atoms with Gasteiger partial charge in [0.05, 0.1) is 13.2 Å². The monoisotopic (exact) mass is 342 g/mol. The fraction of sp³-hybridized carbons (Fsp3) is 0.381. The van der Waals surface area contributed by atoms with Crippen LogP contribution in [0.4, 0.5) is 0 Å². The summed E-state index contributed by atoms with van der Waals surface area (Å²) in [5.41, 5.74) is 3.49. The summed E-state index contributed by atoms with van der Waals surface area (Å²) in [6.45, 7) is 3.52. The number of aryl methyl sites for hydroxylation is 1. The summed E-state index contributed by atoms with van der Waals surface area (Å²) in [7, 11) is 1.71. The van der Waals surface area contributed by atoms with Gasteiger partial charge in [0.2, 0.25) is 0 Å². The molecule has 4 heteroatoms. The minimum atomic E-state index is -0.156. The molecule has 0 spiro atoms. The number of carbonyl (C=O) groups excluding carboxylic acids is 1. The van der Waals surface area contributed by atoms with Crippen LogP contribution in [0.25, 0.3) is 0 Å². The average Bonchev–Trinajstić information content (AvgIpc) is 2.65. The molecule has 0 unspecified atom stereocenters. The van der Waals surface area contributed by atoms with Crippen LogP contribution in [0.2, 0.25) is 0 Å². The Morgan fingerprint density at radius 2 is 1.48 bits per heavy atom. The zero-order chi connectivity index (χ0) is 17.9.